The number of halogens is 2. The second-order valence-electron chi connectivity index (χ2n) is 5.54. The minimum absolute atomic E-state index is 0.176. The normalized spacial score (nSPS) is 10.7. The zero-order valence-electron chi connectivity index (χ0n) is 13.3. The van der Waals surface area contributed by atoms with Crippen LogP contribution in [0.4, 0.5) is 5.69 Å². The summed E-state index contributed by atoms with van der Waals surface area (Å²) in [6.45, 7) is 1.70. The van der Waals surface area contributed by atoms with E-state index in [2.05, 4.69) is 5.32 Å². The van der Waals surface area contributed by atoms with Gasteiger partial charge in [-0.15, -0.1) is 0 Å². The fraction of sp³-hybridized carbons (Fsp3) is 0.105. The molecule has 0 saturated carbocycles. The van der Waals surface area contributed by atoms with E-state index in [4.69, 9.17) is 32.7 Å². The lowest BCUT2D eigenvalue weighted by atomic mass is 10.1. The molecule has 0 radical (unpaired) electrons. The van der Waals surface area contributed by atoms with Crippen LogP contribution in [0.1, 0.15) is 21.7 Å². The molecule has 0 fully saturated rings. The van der Waals surface area contributed by atoms with Crippen molar-refractivity contribution in [2.75, 3.05) is 5.32 Å². The Kier molecular flexibility index (Phi) is 5.13. The van der Waals surface area contributed by atoms with Gasteiger partial charge < -0.3 is 14.8 Å². The minimum Gasteiger partial charge on any atom is -0.459 e. The number of aliphatic hydroxyl groups excluding tert-OH is 1. The fourth-order valence-electron chi connectivity index (χ4n) is 2.34. The first-order valence-corrected chi connectivity index (χ1v) is 8.30. The number of nitrogens with one attached hydrogen (secondary N) is 1. The van der Waals surface area contributed by atoms with Gasteiger partial charge in [0.25, 0.3) is 5.91 Å². The summed E-state index contributed by atoms with van der Waals surface area (Å²) in [5.74, 6) is 0.739. The summed E-state index contributed by atoms with van der Waals surface area (Å²) >= 11 is 12.4. The summed E-state index contributed by atoms with van der Waals surface area (Å²) in [6, 6.07) is 13.7. The number of hydrogen-bond acceptors (Lipinski definition) is 3. The molecule has 0 aliphatic rings. The molecule has 128 valence electrons. The van der Waals surface area contributed by atoms with Gasteiger partial charge in [0.15, 0.2) is 0 Å². The van der Waals surface area contributed by atoms with Crippen molar-refractivity contribution in [2.45, 2.75) is 13.5 Å². The summed E-state index contributed by atoms with van der Waals surface area (Å²) in [4.78, 5) is 12.3. The first-order chi connectivity index (χ1) is 12.0. The van der Waals surface area contributed by atoms with Crippen molar-refractivity contribution in [3.05, 3.63) is 75.5 Å². The van der Waals surface area contributed by atoms with Crippen LogP contribution in [0.3, 0.4) is 0 Å². The van der Waals surface area contributed by atoms with Crippen LogP contribution >= 0.6 is 23.2 Å². The van der Waals surface area contributed by atoms with Crippen LogP contribution in [-0.2, 0) is 6.61 Å². The molecule has 6 heteroatoms. The van der Waals surface area contributed by atoms with E-state index >= 15 is 0 Å². The van der Waals surface area contributed by atoms with E-state index in [9.17, 15) is 4.79 Å². The van der Waals surface area contributed by atoms with Crippen LogP contribution < -0.4 is 5.32 Å². The van der Waals surface area contributed by atoms with Crippen LogP contribution in [0, 0.1) is 6.92 Å². The molecule has 0 aliphatic heterocycles. The van der Waals surface area contributed by atoms with Crippen molar-refractivity contribution in [1.82, 2.24) is 0 Å². The van der Waals surface area contributed by atoms with Crippen molar-refractivity contribution < 1.29 is 14.3 Å². The highest BCUT2D eigenvalue weighted by Crippen LogP contribution is 2.32. The fourth-order valence-corrected chi connectivity index (χ4v) is 2.79. The highest BCUT2D eigenvalue weighted by Gasteiger charge is 2.12. The average molecular weight is 376 g/mol. The Morgan fingerprint density at radius 1 is 1.08 bits per heavy atom. The number of amides is 1. The van der Waals surface area contributed by atoms with Crippen LogP contribution in [0.25, 0.3) is 11.3 Å². The molecule has 1 amide bonds. The smallest absolute Gasteiger partial charge is 0.255 e. The predicted octanol–water partition coefficient (Wildman–Crippen LogP) is 5.31. The van der Waals surface area contributed by atoms with E-state index in [0.717, 1.165) is 5.56 Å². The Morgan fingerprint density at radius 2 is 1.88 bits per heavy atom. The molecule has 0 saturated heterocycles. The number of benzene rings is 2. The van der Waals surface area contributed by atoms with Gasteiger partial charge in [-0.3, -0.25) is 4.79 Å². The molecule has 25 heavy (non-hydrogen) atoms. The highest BCUT2D eigenvalue weighted by molar-refractivity contribution is 6.33. The summed E-state index contributed by atoms with van der Waals surface area (Å²) in [5.41, 5.74) is 2.61. The second-order valence-corrected chi connectivity index (χ2v) is 6.35. The lowest BCUT2D eigenvalue weighted by molar-refractivity contribution is 0.102. The lowest BCUT2D eigenvalue weighted by Gasteiger charge is -2.09. The molecule has 1 heterocycles. The molecule has 3 rings (SSSR count). The molecule has 2 N–H and O–H groups in total. The van der Waals surface area contributed by atoms with E-state index in [1.807, 2.05) is 6.92 Å². The Hall–Kier alpha value is -2.27. The van der Waals surface area contributed by atoms with Gasteiger partial charge in [0.1, 0.15) is 18.1 Å². The van der Waals surface area contributed by atoms with Crippen LogP contribution in [0.5, 0.6) is 0 Å². The standard InChI is InChI=1S/C19H15Cl2NO3/c1-11-2-3-12(8-16(11)20)19(24)22-13-4-6-15(17(21)9-13)18-7-5-14(10-23)25-18/h2-9,23H,10H2,1H3,(H,22,24). The van der Waals surface area contributed by atoms with Crippen LogP contribution in [0.15, 0.2) is 52.9 Å². The first-order valence-electron chi connectivity index (χ1n) is 7.55. The van der Waals surface area contributed by atoms with E-state index in [0.29, 0.717) is 38.4 Å². The molecule has 2 aromatic carbocycles. The molecule has 0 aliphatic carbocycles. The average Bonchev–Trinajstić information content (AvgIpc) is 3.06. The Morgan fingerprint density at radius 3 is 2.52 bits per heavy atom. The van der Waals surface area contributed by atoms with Crippen molar-refractivity contribution in [2.24, 2.45) is 0 Å². The van der Waals surface area contributed by atoms with Crippen molar-refractivity contribution in [1.29, 1.82) is 0 Å². The third-order valence-electron chi connectivity index (χ3n) is 3.74. The molecule has 0 atom stereocenters. The molecule has 0 unspecified atom stereocenters. The molecule has 3 aromatic rings. The van der Waals surface area contributed by atoms with E-state index in [1.165, 1.54) is 0 Å². The zero-order chi connectivity index (χ0) is 18.0. The lowest BCUT2D eigenvalue weighted by Crippen LogP contribution is -2.11. The first kappa shape index (κ1) is 17.5. The Bertz CT molecular complexity index is 934. The van der Waals surface area contributed by atoms with Gasteiger partial charge in [0.05, 0.1) is 5.02 Å². The van der Waals surface area contributed by atoms with Gasteiger partial charge in [-0.05, 0) is 55.0 Å². The number of furan rings is 1. The van der Waals surface area contributed by atoms with Crippen LogP contribution in [-0.4, -0.2) is 11.0 Å². The van der Waals surface area contributed by atoms with E-state index < -0.39 is 0 Å². The summed E-state index contributed by atoms with van der Waals surface area (Å²) in [6.07, 6.45) is 0. The number of aliphatic hydroxyl groups is 1. The minimum atomic E-state index is -0.272. The second kappa shape index (κ2) is 7.31. The molecule has 0 bridgehead atoms. The van der Waals surface area contributed by atoms with Crippen molar-refractivity contribution >= 4 is 34.8 Å². The predicted molar refractivity (Wildman–Crippen MR) is 99.2 cm³/mol. The zero-order valence-corrected chi connectivity index (χ0v) is 14.9. The highest BCUT2D eigenvalue weighted by atomic mass is 35.5. The largest absolute Gasteiger partial charge is 0.459 e. The third-order valence-corrected chi connectivity index (χ3v) is 4.46. The van der Waals surface area contributed by atoms with Gasteiger partial charge >= 0.3 is 0 Å². The van der Waals surface area contributed by atoms with Gasteiger partial charge in [-0.1, -0.05) is 29.3 Å². The van der Waals surface area contributed by atoms with E-state index in [1.54, 1.807) is 48.5 Å². The van der Waals surface area contributed by atoms with Crippen molar-refractivity contribution in [3.8, 4) is 11.3 Å². The quantitative estimate of drug-likeness (QED) is 0.649. The maximum Gasteiger partial charge on any atom is 0.255 e. The molecule has 0 spiro atoms. The van der Waals surface area contributed by atoms with Gasteiger partial charge in [0, 0.05) is 21.8 Å². The number of hydrogen-bond donors (Lipinski definition) is 2. The number of carbonyl (C=O) groups excluding carboxylic acids is 1. The van der Waals surface area contributed by atoms with E-state index in [-0.39, 0.29) is 12.5 Å². The van der Waals surface area contributed by atoms with Gasteiger partial charge in [-0.25, -0.2) is 0 Å². The Balaban J connectivity index is 1.80. The topological polar surface area (TPSA) is 62.5 Å². The van der Waals surface area contributed by atoms with Gasteiger partial charge in [-0.2, -0.15) is 0 Å². The molecular weight excluding hydrogens is 361 g/mol. The maximum absolute atomic E-state index is 12.3. The summed E-state index contributed by atoms with van der Waals surface area (Å²) in [7, 11) is 0. The summed E-state index contributed by atoms with van der Waals surface area (Å²) < 4.78 is 5.48. The van der Waals surface area contributed by atoms with Gasteiger partial charge in [0.2, 0.25) is 0 Å². The number of aryl methyl sites for hydroxylation is 1. The Labute approximate surface area is 155 Å². The molecule has 4 nitrogen and oxygen atoms in total. The summed E-state index contributed by atoms with van der Waals surface area (Å²) in [5, 5.41) is 12.8. The van der Waals surface area contributed by atoms with Crippen LogP contribution in [0.2, 0.25) is 10.0 Å². The molecular formula is C19H15Cl2NO3. The van der Waals surface area contributed by atoms with Crippen molar-refractivity contribution in [3.63, 3.8) is 0 Å². The number of anilines is 1. The third kappa shape index (κ3) is 3.87. The maximum atomic E-state index is 12.3. The number of carbonyl (C=O) groups is 1. The monoisotopic (exact) mass is 375 g/mol. The SMILES string of the molecule is Cc1ccc(C(=O)Nc2ccc(-c3ccc(CO)o3)c(Cl)c2)cc1Cl. The molecule has 1 aromatic heterocycles. The number of rotatable bonds is 4.